The van der Waals surface area contributed by atoms with Gasteiger partial charge in [0.05, 0.1) is 0 Å². The summed E-state index contributed by atoms with van der Waals surface area (Å²) in [5, 5.41) is 2.50. The van der Waals surface area contributed by atoms with Gasteiger partial charge in [-0.3, -0.25) is 9.20 Å². The van der Waals surface area contributed by atoms with Crippen LogP contribution >= 0.6 is 0 Å². The van der Waals surface area contributed by atoms with Crippen molar-refractivity contribution in [1.29, 1.82) is 0 Å². The number of aromatic nitrogens is 3. The number of hydrogen-bond donors (Lipinski definition) is 1. The molecule has 0 aliphatic heterocycles. The van der Waals surface area contributed by atoms with E-state index in [1.54, 1.807) is 36.2 Å². The van der Waals surface area contributed by atoms with Crippen molar-refractivity contribution in [3.05, 3.63) is 30.5 Å². The number of nitrogens with zero attached hydrogens (tertiary/aromatic N) is 3. The van der Waals surface area contributed by atoms with Crippen molar-refractivity contribution in [3.8, 4) is 0 Å². The predicted octanol–water partition coefficient (Wildman–Crippen LogP) is 1.12. The minimum atomic E-state index is -0.221. The van der Waals surface area contributed by atoms with Crippen molar-refractivity contribution in [1.82, 2.24) is 19.7 Å². The van der Waals surface area contributed by atoms with Gasteiger partial charge in [0, 0.05) is 19.4 Å². The third kappa shape index (κ3) is 2.12. The van der Waals surface area contributed by atoms with Crippen molar-refractivity contribution in [3.63, 3.8) is 0 Å². The van der Waals surface area contributed by atoms with Gasteiger partial charge >= 0.3 is 0 Å². The zero-order chi connectivity index (χ0) is 11.3. The van der Waals surface area contributed by atoms with Crippen LogP contribution in [-0.4, -0.2) is 27.3 Å². The van der Waals surface area contributed by atoms with Crippen molar-refractivity contribution in [2.75, 3.05) is 7.05 Å². The maximum absolute atomic E-state index is 11.3. The zero-order valence-electron chi connectivity index (χ0n) is 9.06. The Hall–Kier alpha value is -1.91. The summed E-state index contributed by atoms with van der Waals surface area (Å²) in [7, 11) is 1.57. The van der Waals surface area contributed by atoms with Crippen LogP contribution in [0.2, 0.25) is 0 Å². The van der Waals surface area contributed by atoms with Crippen molar-refractivity contribution in [2.24, 2.45) is 0 Å². The molecule has 2 rings (SSSR count). The molecule has 80 valence electrons. The Balaban J connectivity index is 0.000000531. The molecule has 5 heteroatoms. The Morgan fingerprint density at radius 1 is 1.40 bits per heavy atom. The van der Waals surface area contributed by atoms with Gasteiger partial charge in [-0.05, 0) is 6.07 Å². The molecule has 0 radical (unpaired) electrons. The van der Waals surface area contributed by atoms with Gasteiger partial charge in [0.15, 0.2) is 11.3 Å². The van der Waals surface area contributed by atoms with Crippen LogP contribution in [0.3, 0.4) is 0 Å². The Kier molecular flexibility index (Phi) is 3.79. The molecule has 0 saturated carbocycles. The Bertz CT molecular complexity index is 449. The zero-order valence-corrected chi connectivity index (χ0v) is 9.06. The maximum Gasteiger partial charge on any atom is 0.273 e. The largest absolute Gasteiger partial charge is 0.354 e. The summed E-state index contributed by atoms with van der Waals surface area (Å²) in [6.45, 7) is 4.00. The van der Waals surface area contributed by atoms with Gasteiger partial charge in [-0.2, -0.15) is 0 Å². The average molecular weight is 206 g/mol. The molecule has 0 aromatic carbocycles. The third-order valence-electron chi connectivity index (χ3n) is 1.74. The fourth-order valence-corrected chi connectivity index (χ4v) is 1.11. The SMILES string of the molecule is CC.CNC(=O)c1ncn2cccnc12. The second-order valence-electron chi connectivity index (χ2n) is 2.52. The molecule has 0 unspecified atom stereocenters. The first-order valence-electron chi connectivity index (χ1n) is 4.82. The van der Waals surface area contributed by atoms with Gasteiger partial charge in [-0.1, -0.05) is 13.8 Å². The standard InChI is InChI=1S/C8H8N4O.C2H6/c1-9-8(13)6-7-10-3-2-4-12(7)5-11-6;1-2/h2-5H,1H3,(H,9,13);1-2H3. The molecule has 1 amide bonds. The lowest BCUT2D eigenvalue weighted by Gasteiger charge is -1.94. The average Bonchev–Trinajstić information content (AvgIpc) is 2.74. The number of nitrogens with one attached hydrogen (secondary N) is 1. The minimum absolute atomic E-state index is 0.221. The molecule has 1 N–H and O–H groups in total. The van der Waals surface area contributed by atoms with E-state index >= 15 is 0 Å². The van der Waals surface area contributed by atoms with Crippen molar-refractivity contribution in [2.45, 2.75) is 13.8 Å². The highest BCUT2D eigenvalue weighted by Crippen LogP contribution is 2.04. The second kappa shape index (κ2) is 5.09. The predicted molar refractivity (Wildman–Crippen MR) is 57.7 cm³/mol. The molecule has 0 aliphatic rings. The van der Waals surface area contributed by atoms with E-state index in [2.05, 4.69) is 15.3 Å². The molecule has 0 saturated heterocycles. The fraction of sp³-hybridized carbons (Fsp3) is 0.300. The molecule has 2 heterocycles. The van der Waals surface area contributed by atoms with Crippen LogP contribution in [0.25, 0.3) is 5.65 Å². The van der Waals surface area contributed by atoms with Gasteiger partial charge in [0.1, 0.15) is 6.33 Å². The van der Waals surface area contributed by atoms with Gasteiger partial charge in [0.2, 0.25) is 0 Å². The number of carbonyl (C=O) groups excluding carboxylic acids is 1. The molecular weight excluding hydrogens is 192 g/mol. The van der Waals surface area contributed by atoms with E-state index in [4.69, 9.17) is 0 Å². The highest BCUT2D eigenvalue weighted by Gasteiger charge is 2.11. The lowest BCUT2D eigenvalue weighted by atomic mass is 10.4. The Morgan fingerprint density at radius 2 is 2.13 bits per heavy atom. The van der Waals surface area contributed by atoms with E-state index < -0.39 is 0 Å². The van der Waals surface area contributed by atoms with E-state index in [1.807, 2.05) is 13.8 Å². The van der Waals surface area contributed by atoms with Crippen LogP contribution in [0.1, 0.15) is 24.3 Å². The Labute approximate surface area is 88.2 Å². The van der Waals surface area contributed by atoms with E-state index in [9.17, 15) is 4.79 Å². The molecular formula is C10H14N4O. The van der Waals surface area contributed by atoms with Crippen molar-refractivity contribution < 1.29 is 4.79 Å². The van der Waals surface area contributed by atoms with Crippen LogP contribution in [0.4, 0.5) is 0 Å². The third-order valence-corrected chi connectivity index (χ3v) is 1.74. The number of carbonyl (C=O) groups is 1. The van der Waals surface area contributed by atoms with Crippen LogP contribution in [0.5, 0.6) is 0 Å². The summed E-state index contributed by atoms with van der Waals surface area (Å²) in [4.78, 5) is 19.3. The van der Waals surface area contributed by atoms with E-state index in [-0.39, 0.29) is 5.91 Å². The molecule has 0 atom stereocenters. The molecule has 0 spiro atoms. The second-order valence-corrected chi connectivity index (χ2v) is 2.52. The summed E-state index contributed by atoms with van der Waals surface area (Å²) in [6, 6.07) is 1.78. The molecule has 5 nitrogen and oxygen atoms in total. The van der Waals surface area contributed by atoms with Crippen LogP contribution < -0.4 is 5.32 Å². The Morgan fingerprint density at radius 3 is 2.80 bits per heavy atom. The number of rotatable bonds is 1. The topological polar surface area (TPSA) is 59.3 Å². The molecule has 0 fully saturated rings. The quantitative estimate of drug-likeness (QED) is 0.760. The smallest absolute Gasteiger partial charge is 0.273 e. The summed E-state index contributed by atoms with van der Waals surface area (Å²) in [5.41, 5.74) is 0.921. The van der Waals surface area contributed by atoms with Gasteiger partial charge in [-0.15, -0.1) is 0 Å². The summed E-state index contributed by atoms with van der Waals surface area (Å²) < 4.78 is 1.70. The molecule has 2 aromatic heterocycles. The molecule has 0 bridgehead atoms. The van der Waals surface area contributed by atoms with Gasteiger partial charge < -0.3 is 5.32 Å². The summed E-state index contributed by atoms with van der Waals surface area (Å²) in [5.74, 6) is -0.221. The summed E-state index contributed by atoms with van der Waals surface area (Å²) >= 11 is 0. The van der Waals surface area contributed by atoms with Crippen molar-refractivity contribution >= 4 is 11.6 Å². The van der Waals surface area contributed by atoms with Gasteiger partial charge in [-0.25, -0.2) is 9.97 Å². The lowest BCUT2D eigenvalue weighted by molar-refractivity contribution is 0.0960. The van der Waals surface area contributed by atoms with Crippen LogP contribution in [0, 0.1) is 0 Å². The first kappa shape index (κ1) is 11.2. The molecule has 0 aliphatic carbocycles. The summed E-state index contributed by atoms with van der Waals surface area (Å²) in [6.07, 6.45) is 4.98. The normalized spacial score (nSPS) is 9.27. The van der Waals surface area contributed by atoms with E-state index in [0.717, 1.165) is 0 Å². The first-order valence-corrected chi connectivity index (χ1v) is 4.82. The molecule has 15 heavy (non-hydrogen) atoms. The number of fused-ring (bicyclic) bond motifs is 1. The fourth-order valence-electron chi connectivity index (χ4n) is 1.11. The minimum Gasteiger partial charge on any atom is -0.354 e. The number of hydrogen-bond acceptors (Lipinski definition) is 3. The van der Waals surface area contributed by atoms with E-state index in [0.29, 0.717) is 11.3 Å². The maximum atomic E-state index is 11.3. The lowest BCUT2D eigenvalue weighted by Crippen LogP contribution is -2.18. The molecule has 2 aromatic rings. The highest BCUT2D eigenvalue weighted by molar-refractivity contribution is 5.97. The van der Waals surface area contributed by atoms with E-state index in [1.165, 1.54) is 0 Å². The monoisotopic (exact) mass is 206 g/mol. The van der Waals surface area contributed by atoms with Gasteiger partial charge in [0.25, 0.3) is 5.91 Å². The number of imidazole rings is 1. The number of amides is 1. The highest BCUT2D eigenvalue weighted by atomic mass is 16.1. The first-order chi connectivity index (χ1) is 7.33. The van der Waals surface area contributed by atoms with Crippen LogP contribution in [0.15, 0.2) is 24.8 Å². The van der Waals surface area contributed by atoms with Crippen LogP contribution in [-0.2, 0) is 0 Å².